The highest BCUT2D eigenvalue weighted by Gasteiger charge is 2.08. The summed E-state index contributed by atoms with van der Waals surface area (Å²) in [4.78, 5) is 0. The number of rotatable bonds is 7. The monoisotopic (exact) mass is 307 g/mol. The highest BCUT2D eigenvalue weighted by Crippen LogP contribution is 2.17. The minimum Gasteiger partial charge on any atom is -0.375 e. The van der Waals surface area contributed by atoms with Crippen LogP contribution in [0, 0.1) is 0 Å². The molecule has 1 rings (SSSR count). The van der Waals surface area contributed by atoms with Crippen LogP contribution >= 0.6 is 15.9 Å². The molecule has 17 heavy (non-hydrogen) atoms. The Morgan fingerprint density at radius 2 is 2.00 bits per heavy atom. The van der Waals surface area contributed by atoms with Gasteiger partial charge in [-0.3, -0.25) is 0 Å². The van der Waals surface area contributed by atoms with Crippen LogP contribution in [-0.2, 0) is 11.2 Å². The first kappa shape index (κ1) is 14.5. The Morgan fingerprint density at radius 1 is 1.29 bits per heavy atom. The van der Waals surface area contributed by atoms with Gasteiger partial charge in [-0.25, -0.2) is 8.78 Å². The lowest BCUT2D eigenvalue weighted by atomic mass is 10.0. The highest BCUT2D eigenvalue weighted by atomic mass is 79.9. The Balaban J connectivity index is 2.25. The van der Waals surface area contributed by atoms with Gasteiger partial charge >= 0.3 is 0 Å². The van der Waals surface area contributed by atoms with Crippen LogP contribution in [0.25, 0.3) is 0 Å². The highest BCUT2D eigenvalue weighted by molar-refractivity contribution is 9.10. The molecule has 1 unspecified atom stereocenters. The Labute approximate surface area is 108 Å². The van der Waals surface area contributed by atoms with Gasteiger partial charge < -0.3 is 10.5 Å². The molecule has 0 amide bonds. The van der Waals surface area contributed by atoms with Crippen molar-refractivity contribution in [1.29, 1.82) is 0 Å². The average Bonchev–Trinajstić information content (AvgIpc) is 2.27. The molecule has 0 bridgehead atoms. The van der Waals surface area contributed by atoms with E-state index in [1.807, 2.05) is 24.3 Å². The van der Waals surface area contributed by atoms with E-state index in [0.29, 0.717) is 12.8 Å². The smallest absolute Gasteiger partial charge is 0.261 e. The van der Waals surface area contributed by atoms with Crippen molar-refractivity contribution < 1.29 is 13.5 Å². The van der Waals surface area contributed by atoms with E-state index < -0.39 is 13.0 Å². The van der Waals surface area contributed by atoms with Crippen molar-refractivity contribution in [2.24, 2.45) is 5.73 Å². The Morgan fingerprint density at radius 3 is 2.65 bits per heavy atom. The first-order chi connectivity index (χ1) is 8.09. The molecule has 0 saturated heterocycles. The Kier molecular flexibility index (Phi) is 6.62. The summed E-state index contributed by atoms with van der Waals surface area (Å²) in [6.07, 6.45) is -1.12. The number of halogens is 3. The molecule has 0 aliphatic heterocycles. The van der Waals surface area contributed by atoms with Gasteiger partial charge in [0.05, 0.1) is 0 Å². The largest absolute Gasteiger partial charge is 0.375 e. The SMILES string of the molecule is NC(CCOCC(F)F)Cc1ccccc1Br. The van der Waals surface area contributed by atoms with Gasteiger partial charge in [0.25, 0.3) is 6.43 Å². The van der Waals surface area contributed by atoms with Crippen LogP contribution in [0.3, 0.4) is 0 Å². The van der Waals surface area contributed by atoms with Crippen molar-refractivity contribution in [2.75, 3.05) is 13.2 Å². The molecule has 0 heterocycles. The summed E-state index contributed by atoms with van der Waals surface area (Å²) in [7, 11) is 0. The third-order valence-electron chi connectivity index (χ3n) is 2.32. The number of nitrogens with two attached hydrogens (primary N) is 1. The lowest BCUT2D eigenvalue weighted by molar-refractivity contribution is 0.0153. The minimum atomic E-state index is -2.41. The first-order valence-corrected chi connectivity index (χ1v) is 6.23. The van der Waals surface area contributed by atoms with Crippen molar-refractivity contribution in [3.63, 3.8) is 0 Å². The summed E-state index contributed by atoms with van der Waals surface area (Å²) < 4.78 is 29.4. The van der Waals surface area contributed by atoms with Crippen molar-refractivity contribution in [3.8, 4) is 0 Å². The molecule has 1 atom stereocenters. The number of ether oxygens (including phenoxy) is 1. The molecule has 1 aromatic carbocycles. The minimum absolute atomic E-state index is 0.0774. The topological polar surface area (TPSA) is 35.2 Å². The molecule has 0 aliphatic rings. The van der Waals surface area contributed by atoms with E-state index in [-0.39, 0.29) is 12.6 Å². The van der Waals surface area contributed by atoms with E-state index in [1.54, 1.807) is 0 Å². The second-order valence-electron chi connectivity index (χ2n) is 3.81. The van der Waals surface area contributed by atoms with Crippen LogP contribution in [-0.4, -0.2) is 25.7 Å². The Bertz CT molecular complexity index is 336. The number of hydrogen-bond donors (Lipinski definition) is 1. The predicted octanol–water partition coefficient (Wildman–Crippen LogP) is 2.99. The zero-order valence-corrected chi connectivity index (χ0v) is 11.0. The third-order valence-corrected chi connectivity index (χ3v) is 3.09. The van der Waals surface area contributed by atoms with E-state index in [2.05, 4.69) is 15.9 Å². The molecule has 0 radical (unpaired) electrons. The van der Waals surface area contributed by atoms with Crippen LogP contribution in [0.4, 0.5) is 8.78 Å². The maximum absolute atomic E-state index is 11.8. The number of hydrogen-bond acceptors (Lipinski definition) is 2. The van der Waals surface area contributed by atoms with E-state index in [0.717, 1.165) is 10.0 Å². The van der Waals surface area contributed by atoms with Crippen LogP contribution in [0.1, 0.15) is 12.0 Å². The zero-order valence-electron chi connectivity index (χ0n) is 9.41. The Hall–Kier alpha value is -0.520. The molecule has 96 valence electrons. The average molecular weight is 308 g/mol. The summed E-state index contributed by atoms with van der Waals surface area (Å²) in [5.41, 5.74) is 7.02. The molecular weight excluding hydrogens is 292 g/mol. The van der Waals surface area contributed by atoms with Crippen LogP contribution in [0.15, 0.2) is 28.7 Å². The molecule has 0 fully saturated rings. The fraction of sp³-hybridized carbons (Fsp3) is 0.500. The lowest BCUT2D eigenvalue weighted by Gasteiger charge is -2.12. The van der Waals surface area contributed by atoms with Crippen molar-refractivity contribution in [1.82, 2.24) is 0 Å². The predicted molar refractivity (Wildman–Crippen MR) is 67.3 cm³/mol. The lowest BCUT2D eigenvalue weighted by Crippen LogP contribution is -2.25. The molecule has 1 aromatic rings. The van der Waals surface area contributed by atoms with Crippen molar-refractivity contribution >= 4 is 15.9 Å². The zero-order chi connectivity index (χ0) is 12.7. The van der Waals surface area contributed by atoms with E-state index in [9.17, 15) is 8.78 Å². The number of alkyl halides is 2. The summed E-state index contributed by atoms with van der Waals surface area (Å²) in [6.45, 7) is -0.238. The molecule has 0 spiro atoms. The summed E-state index contributed by atoms with van der Waals surface area (Å²) >= 11 is 3.44. The van der Waals surface area contributed by atoms with Gasteiger partial charge in [-0.05, 0) is 24.5 Å². The van der Waals surface area contributed by atoms with Crippen molar-refractivity contribution in [2.45, 2.75) is 25.3 Å². The van der Waals surface area contributed by atoms with Gasteiger partial charge in [-0.1, -0.05) is 34.1 Å². The van der Waals surface area contributed by atoms with Crippen LogP contribution < -0.4 is 5.73 Å². The van der Waals surface area contributed by atoms with Gasteiger partial charge in [0.1, 0.15) is 6.61 Å². The summed E-state index contributed by atoms with van der Waals surface area (Å²) in [6, 6.07) is 7.75. The van der Waals surface area contributed by atoms with Gasteiger partial charge in [-0.2, -0.15) is 0 Å². The van der Waals surface area contributed by atoms with E-state index in [1.165, 1.54) is 0 Å². The summed E-state index contributed by atoms with van der Waals surface area (Å²) in [5, 5.41) is 0. The number of benzene rings is 1. The summed E-state index contributed by atoms with van der Waals surface area (Å²) in [5.74, 6) is 0. The van der Waals surface area contributed by atoms with Crippen LogP contribution in [0.5, 0.6) is 0 Å². The molecule has 0 aliphatic carbocycles. The van der Waals surface area contributed by atoms with Crippen LogP contribution in [0.2, 0.25) is 0 Å². The molecule has 2 nitrogen and oxygen atoms in total. The van der Waals surface area contributed by atoms with Gasteiger partial charge in [0.15, 0.2) is 0 Å². The molecule has 0 saturated carbocycles. The second kappa shape index (κ2) is 7.74. The molecule has 5 heteroatoms. The van der Waals surface area contributed by atoms with Gasteiger partial charge in [0.2, 0.25) is 0 Å². The van der Waals surface area contributed by atoms with Gasteiger partial charge in [0, 0.05) is 17.1 Å². The van der Waals surface area contributed by atoms with Gasteiger partial charge in [-0.15, -0.1) is 0 Å². The van der Waals surface area contributed by atoms with E-state index >= 15 is 0 Å². The molecular formula is C12H16BrF2NO. The normalized spacial score (nSPS) is 13.0. The second-order valence-corrected chi connectivity index (χ2v) is 4.66. The molecule has 2 N–H and O–H groups in total. The van der Waals surface area contributed by atoms with E-state index in [4.69, 9.17) is 10.5 Å². The standard InChI is InChI=1S/C12H16BrF2NO/c13-11-4-2-1-3-9(11)7-10(16)5-6-17-8-12(14)15/h1-4,10,12H,5-8,16H2. The molecule has 0 aromatic heterocycles. The quantitative estimate of drug-likeness (QED) is 0.786. The maximum Gasteiger partial charge on any atom is 0.261 e. The third kappa shape index (κ3) is 6.10. The fourth-order valence-electron chi connectivity index (χ4n) is 1.46. The van der Waals surface area contributed by atoms with Crippen molar-refractivity contribution in [3.05, 3.63) is 34.3 Å². The first-order valence-electron chi connectivity index (χ1n) is 5.44. The fourth-order valence-corrected chi connectivity index (χ4v) is 1.90. The maximum atomic E-state index is 11.8.